The van der Waals surface area contributed by atoms with E-state index < -0.39 is 18.0 Å². The molecule has 4 heteroatoms. The van der Waals surface area contributed by atoms with Crippen LogP contribution in [-0.4, -0.2) is 23.1 Å². The molecular weight excluding hydrogens is 160 g/mol. The highest BCUT2D eigenvalue weighted by molar-refractivity contribution is 5.82. The molecule has 0 saturated carbocycles. The van der Waals surface area contributed by atoms with E-state index in [9.17, 15) is 9.59 Å². The van der Waals surface area contributed by atoms with Crippen LogP contribution in [0.15, 0.2) is 0 Å². The zero-order valence-electron chi connectivity index (χ0n) is 6.95. The minimum atomic E-state index is -0.931. The van der Waals surface area contributed by atoms with Crippen molar-refractivity contribution in [3.63, 3.8) is 0 Å². The average Bonchev–Trinajstić information content (AvgIpc) is 2.32. The molecule has 1 fully saturated rings. The summed E-state index contributed by atoms with van der Waals surface area (Å²) in [5.41, 5.74) is 0. The number of rotatable bonds is 3. The molecule has 0 aliphatic carbocycles. The van der Waals surface area contributed by atoms with Gasteiger partial charge in [-0.25, -0.2) is 0 Å². The first-order valence-corrected chi connectivity index (χ1v) is 4.07. The van der Waals surface area contributed by atoms with E-state index in [4.69, 9.17) is 9.84 Å². The Morgan fingerprint density at radius 3 is 2.92 bits per heavy atom. The van der Waals surface area contributed by atoms with Gasteiger partial charge in [0.2, 0.25) is 0 Å². The molecule has 68 valence electrons. The summed E-state index contributed by atoms with van der Waals surface area (Å²) in [4.78, 5) is 21.4. The first-order chi connectivity index (χ1) is 5.65. The Labute approximate surface area is 70.5 Å². The van der Waals surface area contributed by atoms with Crippen molar-refractivity contribution in [2.75, 3.05) is 0 Å². The molecule has 0 radical (unpaired) electrons. The Hall–Kier alpha value is -1.06. The van der Waals surface area contributed by atoms with Gasteiger partial charge in [-0.1, -0.05) is 13.3 Å². The number of cyclic esters (lactones) is 1. The van der Waals surface area contributed by atoms with Crippen molar-refractivity contribution >= 4 is 11.9 Å². The van der Waals surface area contributed by atoms with Crippen LogP contribution in [0.25, 0.3) is 0 Å². The molecule has 0 unspecified atom stereocenters. The highest BCUT2D eigenvalue weighted by atomic mass is 16.6. The van der Waals surface area contributed by atoms with Crippen molar-refractivity contribution in [3.05, 3.63) is 0 Å². The van der Waals surface area contributed by atoms with Gasteiger partial charge in [0.25, 0.3) is 0 Å². The third-order valence-electron chi connectivity index (χ3n) is 2.01. The van der Waals surface area contributed by atoms with Gasteiger partial charge in [0, 0.05) is 0 Å². The second kappa shape index (κ2) is 3.56. The second-order valence-electron chi connectivity index (χ2n) is 2.97. The van der Waals surface area contributed by atoms with E-state index in [-0.39, 0.29) is 12.4 Å². The van der Waals surface area contributed by atoms with Gasteiger partial charge < -0.3 is 9.84 Å². The maximum Gasteiger partial charge on any atom is 0.310 e. The summed E-state index contributed by atoms with van der Waals surface area (Å²) in [6, 6.07) is 0. The van der Waals surface area contributed by atoms with Crippen LogP contribution in [0.2, 0.25) is 0 Å². The van der Waals surface area contributed by atoms with E-state index >= 15 is 0 Å². The predicted octanol–water partition coefficient (Wildman–Crippen LogP) is 0.803. The van der Waals surface area contributed by atoms with Crippen molar-refractivity contribution in [2.24, 2.45) is 5.92 Å². The van der Waals surface area contributed by atoms with Gasteiger partial charge in [-0.15, -0.1) is 0 Å². The van der Waals surface area contributed by atoms with Crippen molar-refractivity contribution in [3.8, 4) is 0 Å². The molecule has 2 atom stereocenters. The lowest BCUT2D eigenvalue weighted by molar-refractivity contribution is -0.144. The zero-order valence-corrected chi connectivity index (χ0v) is 6.95. The van der Waals surface area contributed by atoms with Gasteiger partial charge in [0.15, 0.2) is 0 Å². The summed E-state index contributed by atoms with van der Waals surface area (Å²) in [6.45, 7) is 1.94. The summed E-state index contributed by atoms with van der Waals surface area (Å²) in [5, 5.41) is 8.70. The van der Waals surface area contributed by atoms with Crippen LogP contribution in [0.1, 0.15) is 26.2 Å². The van der Waals surface area contributed by atoms with Crippen LogP contribution in [-0.2, 0) is 14.3 Å². The summed E-state index contributed by atoms with van der Waals surface area (Å²) < 4.78 is 4.86. The number of aliphatic carboxylic acids is 1. The molecule has 1 heterocycles. The lowest BCUT2D eigenvalue weighted by Crippen LogP contribution is -2.23. The van der Waals surface area contributed by atoms with Gasteiger partial charge in [-0.3, -0.25) is 9.59 Å². The van der Waals surface area contributed by atoms with E-state index in [2.05, 4.69) is 0 Å². The number of esters is 1. The van der Waals surface area contributed by atoms with E-state index in [1.54, 1.807) is 0 Å². The predicted molar refractivity (Wildman–Crippen MR) is 40.5 cm³/mol. The largest absolute Gasteiger partial charge is 0.481 e. The number of carbonyl (C=O) groups excluding carboxylic acids is 1. The Balaban J connectivity index is 2.59. The van der Waals surface area contributed by atoms with Crippen molar-refractivity contribution in [1.29, 1.82) is 0 Å². The SMILES string of the molecule is CCC[C@H]1OC(=O)C[C@@H]1C(=O)O. The van der Waals surface area contributed by atoms with Gasteiger partial charge in [-0.05, 0) is 6.42 Å². The summed E-state index contributed by atoms with van der Waals surface area (Å²) >= 11 is 0. The van der Waals surface area contributed by atoms with Crippen LogP contribution in [0.3, 0.4) is 0 Å². The highest BCUT2D eigenvalue weighted by Crippen LogP contribution is 2.25. The number of carbonyl (C=O) groups is 2. The molecule has 1 aliphatic heterocycles. The van der Waals surface area contributed by atoms with Gasteiger partial charge in [0.05, 0.1) is 6.42 Å². The lowest BCUT2D eigenvalue weighted by atomic mass is 9.98. The zero-order chi connectivity index (χ0) is 9.14. The maximum absolute atomic E-state index is 10.8. The van der Waals surface area contributed by atoms with E-state index in [0.29, 0.717) is 6.42 Å². The maximum atomic E-state index is 10.8. The monoisotopic (exact) mass is 172 g/mol. The molecule has 1 saturated heterocycles. The number of carboxylic acids is 1. The van der Waals surface area contributed by atoms with Gasteiger partial charge in [-0.2, -0.15) is 0 Å². The molecule has 4 nitrogen and oxygen atoms in total. The summed E-state index contributed by atoms with van der Waals surface area (Å²) in [5.74, 6) is -1.95. The third kappa shape index (κ3) is 1.75. The van der Waals surface area contributed by atoms with Gasteiger partial charge in [0.1, 0.15) is 12.0 Å². The molecular formula is C8H12O4. The molecule has 0 bridgehead atoms. The van der Waals surface area contributed by atoms with Crippen molar-refractivity contribution < 1.29 is 19.4 Å². The highest BCUT2D eigenvalue weighted by Gasteiger charge is 2.38. The fraction of sp³-hybridized carbons (Fsp3) is 0.750. The third-order valence-corrected chi connectivity index (χ3v) is 2.01. The van der Waals surface area contributed by atoms with Crippen LogP contribution < -0.4 is 0 Å². The lowest BCUT2D eigenvalue weighted by Gasteiger charge is -2.11. The number of ether oxygens (including phenoxy) is 1. The first kappa shape index (κ1) is 9.03. The van der Waals surface area contributed by atoms with Crippen LogP contribution in [0, 0.1) is 5.92 Å². The standard InChI is InChI=1S/C8H12O4/c1-2-3-6-5(8(10)11)4-7(9)12-6/h5-6H,2-4H2,1H3,(H,10,11)/t5-,6+/m0/s1. The number of hydrogen-bond donors (Lipinski definition) is 1. The minimum absolute atomic E-state index is 0.0278. The van der Waals surface area contributed by atoms with Crippen molar-refractivity contribution in [2.45, 2.75) is 32.3 Å². The Bertz CT molecular complexity index is 199. The molecule has 0 spiro atoms. The van der Waals surface area contributed by atoms with Crippen molar-refractivity contribution in [1.82, 2.24) is 0 Å². The van der Waals surface area contributed by atoms with E-state index in [1.165, 1.54) is 0 Å². The molecule has 12 heavy (non-hydrogen) atoms. The molecule has 1 aliphatic rings. The quantitative estimate of drug-likeness (QED) is 0.639. The fourth-order valence-electron chi connectivity index (χ4n) is 1.40. The summed E-state index contributed by atoms with van der Waals surface area (Å²) in [7, 11) is 0. The van der Waals surface area contributed by atoms with Crippen LogP contribution in [0.5, 0.6) is 0 Å². The molecule has 0 amide bonds. The van der Waals surface area contributed by atoms with E-state index in [1.807, 2.05) is 6.92 Å². The molecule has 0 aromatic heterocycles. The Kier molecular flexibility index (Phi) is 2.68. The summed E-state index contributed by atoms with van der Waals surface area (Å²) in [6.07, 6.45) is 1.10. The minimum Gasteiger partial charge on any atom is -0.481 e. The molecule has 1 N–H and O–H groups in total. The smallest absolute Gasteiger partial charge is 0.310 e. The van der Waals surface area contributed by atoms with Crippen LogP contribution in [0.4, 0.5) is 0 Å². The number of hydrogen-bond acceptors (Lipinski definition) is 3. The Morgan fingerprint density at radius 2 is 2.42 bits per heavy atom. The first-order valence-electron chi connectivity index (χ1n) is 4.07. The molecule has 0 aromatic rings. The Morgan fingerprint density at radius 1 is 1.75 bits per heavy atom. The van der Waals surface area contributed by atoms with Gasteiger partial charge >= 0.3 is 11.9 Å². The normalized spacial score (nSPS) is 28.6. The number of carboxylic acid groups (broad SMARTS) is 1. The molecule has 0 aromatic carbocycles. The fourth-order valence-corrected chi connectivity index (χ4v) is 1.40. The van der Waals surface area contributed by atoms with Crippen LogP contribution >= 0.6 is 0 Å². The molecule has 1 rings (SSSR count). The average molecular weight is 172 g/mol. The topological polar surface area (TPSA) is 63.6 Å². The second-order valence-corrected chi connectivity index (χ2v) is 2.97. The van der Waals surface area contributed by atoms with E-state index in [0.717, 1.165) is 6.42 Å².